The third-order valence-electron chi connectivity index (χ3n) is 4.19. The molecule has 0 radical (unpaired) electrons. The molecule has 0 amide bonds. The molecule has 1 fully saturated rings. The van der Waals surface area contributed by atoms with E-state index in [4.69, 9.17) is 4.52 Å². The summed E-state index contributed by atoms with van der Waals surface area (Å²) < 4.78 is 18.3. The Labute approximate surface area is 135 Å². The van der Waals surface area contributed by atoms with Crippen molar-refractivity contribution in [2.45, 2.75) is 19.6 Å². The third kappa shape index (κ3) is 4.37. The summed E-state index contributed by atoms with van der Waals surface area (Å²) >= 11 is 0. The smallest absolute Gasteiger partial charge is 0.133 e. The van der Waals surface area contributed by atoms with E-state index in [1.54, 1.807) is 12.1 Å². The van der Waals surface area contributed by atoms with E-state index in [9.17, 15) is 9.50 Å². The Bertz CT molecular complexity index is 638. The molecular formula is C17H22FN3O2. The van der Waals surface area contributed by atoms with Crippen LogP contribution in [0.5, 0.6) is 0 Å². The molecule has 0 spiro atoms. The van der Waals surface area contributed by atoms with Crippen molar-refractivity contribution < 1.29 is 14.0 Å². The molecule has 124 valence electrons. The second kappa shape index (κ2) is 7.21. The Morgan fingerprint density at radius 1 is 1.22 bits per heavy atom. The average Bonchev–Trinajstić information content (AvgIpc) is 2.94. The first kappa shape index (κ1) is 16.1. The predicted octanol–water partition coefficient (Wildman–Crippen LogP) is 1.97. The van der Waals surface area contributed by atoms with Gasteiger partial charge in [-0.15, -0.1) is 0 Å². The van der Waals surface area contributed by atoms with Gasteiger partial charge in [0.05, 0.1) is 11.8 Å². The fourth-order valence-corrected chi connectivity index (χ4v) is 2.92. The molecule has 1 unspecified atom stereocenters. The average molecular weight is 319 g/mol. The van der Waals surface area contributed by atoms with Crippen LogP contribution in [0, 0.1) is 12.7 Å². The molecule has 1 saturated heterocycles. The van der Waals surface area contributed by atoms with E-state index in [1.165, 1.54) is 12.1 Å². The van der Waals surface area contributed by atoms with Crippen LogP contribution in [0.4, 0.5) is 4.39 Å². The number of hydrogen-bond acceptors (Lipinski definition) is 5. The number of hydrogen-bond donors (Lipinski definition) is 1. The molecule has 0 aliphatic carbocycles. The van der Waals surface area contributed by atoms with Crippen LogP contribution >= 0.6 is 0 Å². The predicted molar refractivity (Wildman–Crippen MR) is 84.3 cm³/mol. The molecule has 6 heteroatoms. The highest BCUT2D eigenvalue weighted by Gasteiger charge is 2.20. The van der Waals surface area contributed by atoms with Crippen molar-refractivity contribution in [1.29, 1.82) is 0 Å². The molecule has 1 aliphatic rings. The van der Waals surface area contributed by atoms with Gasteiger partial charge in [-0.3, -0.25) is 9.80 Å². The Kier molecular flexibility index (Phi) is 5.05. The Hall–Kier alpha value is -1.76. The van der Waals surface area contributed by atoms with E-state index in [0.717, 1.165) is 44.2 Å². The molecular weight excluding hydrogens is 297 g/mol. The van der Waals surface area contributed by atoms with Crippen LogP contribution in [-0.4, -0.2) is 52.8 Å². The Balaban J connectivity index is 1.47. The van der Waals surface area contributed by atoms with Gasteiger partial charge in [-0.25, -0.2) is 4.39 Å². The second-order valence-electron chi connectivity index (χ2n) is 6.08. The molecule has 5 nitrogen and oxygen atoms in total. The lowest BCUT2D eigenvalue weighted by molar-refractivity contribution is 0.0692. The first-order valence-corrected chi connectivity index (χ1v) is 7.90. The van der Waals surface area contributed by atoms with Gasteiger partial charge >= 0.3 is 0 Å². The molecule has 0 bridgehead atoms. The van der Waals surface area contributed by atoms with Gasteiger partial charge in [0.15, 0.2) is 0 Å². The maximum Gasteiger partial charge on any atom is 0.133 e. The summed E-state index contributed by atoms with van der Waals surface area (Å²) in [7, 11) is 0. The molecule has 1 atom stereocenters. The van der Waals surface area contributed by atoms with Crippen LogP contribution in [0.15, 0.2) is 34.9 Å². The van der Waals surface area contributed by atoms with Crippen LogP contribution in [0.2, 0.25) is 0 Å². The topological polar surface area (TPSA) is 52.7 Å². The van der Waals surface area contributed by atoms with Crippen LogP contribution in [-0.2, 0) is 6.54 Å². The number of aromatic nitrogens is 1. The molecule has 1 aromatic heterocycles. The zero-order valence-corrected chi connectivity index (χ0v) is 13.3. The minimum atomic E-state index is -0.657. The maximum absolute atomic E-state index is 13.2. The lowest BCUT2D eigenvalue weighted by Gasteiger charge is -2.35. The molecule has 23 heavy (non-hydrogen) atoms. The molecule has 0 saturated carbocycles. The molecule has 2 aromatic rings. The number of aliphatic hydroxyl groups is 1. The fraction of sp³-hybridized carbons (Fsp3) is 0.471. The van der Waals surface area contributed by atoms with Gasteiger partial charge in [0.2, 0.25) is 0 Å². The molecule has 1 aliphatic heterocycles. The number of piperazine rings is 1. The summed E-state index contributed by atoms with van der Waals surface area (Å²) in [6.07, 6.45) is -0.657. The van der Waals surface area contributed by atoms with Gasteiger partial charge in [0.1, 0.15) is 11.6 Å². The van der Waals surface area contributed by atoms with Crippen molar-refractivity contribution in [2.75, 3.05) is 32.7 Å². The quantitative estimate of drug-likeness (QED) is 0.913. The highest BCUT2D eigenvalue weighted by molar-refractivity contribution is 5.19. The van der Waals surface area contributed by atoms with Gasteiger partial charge < -0.3 is 9.63 Å². The lowest BCUT2D eigenvalue weighted by Crippen LogP contribution is -2.47. The van der Waals surface area contributed by atoms with Crippen molar-refractivity contribution in [1.82, 2.24) is 15.0 Å². The maximum atomic E-state index is 13.2. The van der Waals surface area contributed by atoms with Gasteiger partial charge in [0, 0.05) is 45.3 Å². The van der Waals surface area contributed by atoms with E-state index in [-0.39, 0.29) is 5.82 Å². The molecule has 1 aromatic carbocycles. The third-order valence-corrected chi connectivity index (χ3v) is 4.19. The van der Waals surface area contributed by atoms with Crippen molar-refractivity contribution in [2.24, 2.45) is 0 Å². The van der Waals surface area contributed by atoms with Crippen molar-refractivity contribution in [3.8, 4) is 0 Å². The van der Waals surface area contributed by atoms with Crippen molar-refractivity contribution >= 4 is 0 Å². The minimum absolute atomic E-state index is 0.311. The lowest BCUT2D eigenvalue weighted by atomic mass is 10.1. The largest absolute Gasteiger partial charge is 0.387 e. The van der Waals surface area contributed by atoms with E-state index in [0.29, 0.717) is 12.1 Å². The summed E-state index contributed by atoms with van der Waals surface area (Å²) in [4.78, 5) is 4.53. The summed E-state index contributed by atoms with van der Waals surface area (Å²) in [6, 6.07) is 8.14. The fourth-order valence-electron chi connectivity index (χ4n) is 2.92. The number of halogens is 1. The first-order chi connectivity index (χ1) is 11.1. The van der Waals surface area contributed by atoms with Crippen molar-refractivity contribution in [3.63, 3.8) is 0 Å². The van der Waals surface area contributed by atoms with Crippen LogP contribution in [0.3, 0.4) is 0 Å². The van der Waals surface area contributed by atoms with E-state index in [1.807, 2.05) is 13.0 Å². The first-order valence-electron chi connectivity index (χ1n) is 7.90. The molecule has 3 rings (SSSR count). The van der Waals surface area contributed by atoms with Gasteiger partial charge in [-0.05, 0) is 24.6 Å². The van der Waals surface area contributed by atoms with Crippen LogP contribution < -0.4 is 0 Å². The SMILES string of the molecule is Cc1cc(CN2CCN(CC(O)c3cccc(F)c3)CC2)no1. The van der Waals surface area contributed by atoms with Gasteiger partial charge in [-0.2, -0.15) is 0 Å². The standard InChI is InChI=1S/C17H22FN3O2/c1-13-9-16(19-23-13)11-20-5-7-21(8-6-20)12-17(22)14-3-2-4-15(18)10-14/h2-4,9-10,17,22H,5-8,11-12H2,1H3. The van der Waals surface area contributed by atoms with E-state index in [2.05, 4.69) is 15.0 Å². The number of nitrogens with zero attached hydrogens (tertiary/aromatic N) is 3. The molecule has 1 N–H and O–H groups in total. The zero-order valence-electron chi connectivity index (χ0n) is 13.3. The highest BCUT2D eigenvalue weighted by Crippen LogP contribution is 2.17. The normalized spacial score (nSPS) is 18.2. The van der Waals surface area contributed by atoms with E-state index >= 15 is 0 Å². The number of β-amino-alcohol motifs (C(OH)–C–C–N with tert-alkyl or cyclic N) is 1. The van der Waals surface area contributed by atoms with Gasteiger partial charge in [0.25, 0.3) is 0 Å². The second-order valence-corrected chi connectivity index (χ2v) is 6.08. The number of aryl methyl sites for hydroxylation is 1. The monoisotopic (exact) mass is 319 g/mol. The summed E-state index contributed by atoms with van der Waals surface area (Å²) in [5, 5.41) is 14.3. The summed E-state index contributed by atoms with van der Waals surface area (Å²) in [5.41, 5.74) is 1.58. The molecule has 2 heterocycles. The van der Waals surface area contributed by atoms with Gasteiger partial charge in [-0.1, -0.05) is 17.3 Å². The zero-order chi connectivity index (χ0) is 16.2. The van der Waals surface area contributed by atoms with Crippen LogP contribution in [0.1, 0.15) is 23.1 Å². The minimum Gasteiger partial charge on any atom is -0.387 e. The van der Waals surface area contributed by atoms with Crippen molar-refractivity contribution in [3.05, 3.63) is 53.2 Å². The Morgan fingerprint density at radius 3 is 2.61 bits per heavy atom. The Morgan fingerprint density at radius 2 is 1.96 bits per heavy atom. The highest BCUT2D eigenvalue weighted by atomic mass is 19.1. The van der Waals surface area contributed by atoms with E-state index < -0.39 is 6.10 Å². The summed E-state index contributed by atoms with van der Waals surface area (Å²) in [6.45, 7) is 6.80. The number of aliphatic hydroxyl groups excluding tert-OH is 1. The number of benzene rings is 1. The summed E-state index contributed by atoms with van der Waals surface area (Å²) in [5.74, 6) is 0.520. The van der Waals surface area contributed by atoms with Crippen LogP contribution in [0.25, 0.3) is 0 Å². The number of rotatable bonds is 5.